The minimum atomic E-state index is -0.134. The lowest BCUT2D eigenvalue weighted by Gasteiger charge is -2.31. The number of aromatic nitrogens is 2. The molecule has 0 bridgehead atoms. The molecule has 0 saturated heterocycles. The van der Waals surface area contributed by atoms with E-state index in [-0.39, 0.29) is 10.8 Å². The van der Waals surface area contributed by atoms with Gasteiger partial charge in [-0.25, -0.2) is 4.98 Å². The number of fused-ring (bicyclic) bond motifs is 10. The van der Waals surface area contributed by atoms with Crippen LogP contribution in [0.4, 0.5) is 0 Å². The van der Waals surface area contributed by atoms with Crippen LogP contribution in [0.3, 0.4) is 0 Å². The van der Waals surface area contributed by atoms with Gasteiger partial charge >= 0.3 is 0 Å². The van der Waals surface area contributed by atoms with Crippen molar-refractivity contribution < 1.29 is 0 Å². The second-order valence-corrected chi connectivity index (χ2v) is 15.1. The molecule has 1 aromatic heterocycles. The van der Waals surface area contributed by atoms with E-state index < -0.39 is 0 Å². The fourth-order valence-corrected chi connectivity index (χ4v) is 9.42. The van der Waals surface area contributed by atoms with E-state index in [1.165, 1.54) is 72.0 Å². The Kier molecular flexibility index (Phi) is 5.84. The molecule has 1 heterocycles. The summed E-state index contributed by atoms with van der Waals surface area (Å²) in [7, 11) is 0. The predicted molar refractivity (Wildman–Crippen MR) is 205 cm³/mol. The number of benzene rings is 6. The number of imidazole rings is 1. The van der Waals surface area contributed by atoms with E-state index in [9.17, 15) is 0 Å². The summed E-state index contributed by atoms with van der Waals surface area (Å²) >= 11 is 0. The summed E-state index contributed by atoms with van der Waals surface area (Å²) in [5, 5.41) is 2.70. The van der Waals surface area contributed by atoms with Gasteiger partial charge in [-0.05, 0) is 115 Å². The third-order valence-corrected chi connectivity index (χ3v) is 11.7. The molecule has 0 aliphatic heterocycles. The van der Waals surface area contributed by atoms with Gasteiger partial charge in [0.05, 0.1) is 11.0 Å². The van der Waals surface area contributed by atoms with Crippen LogP contribution in [0.5, 0.6) is 0 Å². The van der Waals surface area contributed by atoms with E-state index in [1.807, 2.05) is 0 Å². The van der Waals surface area contributed by atoms with E-state index >= 15 is 0 Å². The highest BCUT2D eigenvalue weighted by molar-refractivity contribution is 6.08. The molecule has 0 N–H and O–H groups in total. The average molecular weight is 631 g/mol. The topological polar surface area (TPSA) is 17.8 Å². The molecule has 0 fully saturated rings. The van der Waals surface area contributed by atoms with Crippen LogP contribution in [0.2, 0.25) is 0 Å². The smallest absolute Gasteiger partial charge is 0.141 e. The first-order chi connectivity index (χ1) is 23.8. The van der Waals surface area contributed by atoms with Gasteiger partial charge in [0.1, 0.15) is 5.82 Å². The molecule has 2 heteroatoms. The maximum Gasteiger partial charge on any atom is 0.141 e. The van der Waals surface area contributed by atoms with Gasteiger partial charge in [0.25, 0.3) is 0 Å². The van der Waals surface area contributed by atoms with Gasteiger partial charge in [-0.1, -0.05) is 131 Å². The minimum Gasteiger partial charge on any atom is -0.293 e. The van der Waals surface area contributed by atoms with Crippen molar-refractivity contribution in [3.05, 3.63) is 167 Å². The van der Waals surface area contributed by atoms with Crippen LogP contribution < -0.4 is 0 Å². The molecular formula is C47H38N2. The number of hydrogen-bond donors (Lipinski definition) is 0. The van der Waals surface area contributed by atoms with Crippen molar-refractivity contribution in [2.75, 3.05) is 0 Å². The molecule has 6 aromatic carbocycles. The van der Waals surface area contributed by atoms with Gasteiger partial charge in [0.2, 0.25) is 0 Å². The van der Waals surface area contributed by atoms with Crippen LogP contribution in [0.25, 0.3) is 60.9 Å². The predicted octanol–water partition coefficient (Wildman–Crippen LogP) is 12.1. The van der Waals surface area contributed by atoms with Gasteiger partial charge < -0.3 is 0 Å². The number of para-hydroxylation sites is 3. The van der Waals surface area contributed by atoms with Crippen molar-refractivity contribution in [1.82, 2.24) is 9.55 Å². The van der Waals surface area contributed by atoms with Crippen LogP contribution >= 0.6 is 0 Å². The molecule has 3 aliphatic rings. The van der Waals surface area contributed by atoms with Crippen molar-refractivity contribution in [2.24, 2.45) is 0 Å². The number of rotatable bonds is 3. The van der Waals surface area contributed by atoms with E-state index in [4.69, 9.17) is 4.98 Å². The first-order valence-corrected chi connectivity index (χ1v) is 17.6. The van der Waals surface area contributed by atoms with Gasteiger partial charge in [0, 0.05) is 16.5 Å². The third-order valence-electron chi connectivity index (χ3n) is 11.7. The van der Waals surface area contributed by atoms with Crippen LogP contribution in [-0.4, -0.2) is 9.55 Å². The summed E-state index contributed by atoms with van der Waals surface area (Å²) in [6, 6.07) is 44.6. The van der Waals surface area contributed by atoms with Gasteiger partial charge in [-0.3, -0.25) is 4.57 Å². The SMILES string of the molecule is CC1(C)c2ccccc2-c2ccc3c(c21)C(C)(C)c1cc(C2=CC=C(c4nc5ccccc5n4-c4ccccc4)CC2)c2ccccc2c1-3. The van der Waals surface area contributed by atoms with Crippen LogP contribution in [0.1, 0.15) is 74.2 Å². The van der Waals surface area contributed by atoms with Crippen molar-refractivity contribution in [3.8, 4) is 27.9 Å². The molecule has 0 amide bonds. The second-order valence-electron chi connectivity index (χ2n) is 15.1. The number of nitrogens with zero attached hydrogens (tertiary/aromatic N) is 2. The number of hydrogen-bond acceptors (Lipinski definition) is 1. The lowest BCUT2D eigenvalue weighted by Crippen LogP contribution is -2.24. The van der Waals surface area contributed by atoms with Gasteiger partial charge in [-0.15, -0.1) is 0 Å². The summed E-state index contributed by atoms with van der Waals surface area (Å²) < 4.78 is 2.32. The molecule has 0 unspecified atom stereocenters. The van der Waals surface area contributed by atoms with Crippen LogP contribution in [-0.2, 0) is 10.8 Å². The Bertz CT molecular complexity index is 2590. The fraction of sp³-hybridized carbons (Fsp3) is 0.170. The maximum absolute atomic E-state index is 5.17. The Hall–Kier alpha value is -5.47. The first-order valence-electron chi connectivity index (χ1n) is 17.6. The molecule has 7 aromatic rings. The summed E-state index contributed by atoms with van der Waals surface area (Å²) in [5.41, 5.74) is 18.7. The Morgan fingerprint density at radius 3 is 1.98 bits per heavy atom. The van der Waals surface area contributed by atoms with Crippen LogP contribution in [0, 0.1) is 0 Å². The van der Waals surface area contributed by atoms with Crippen molar-refractivity contribution in [1.29, 1.82) is 0 Å². The maximum atomic E-state index is 5.17. The molecule has 0 radical (unpaired) electrons. The lowest BCUT2D eigenvalue weighted by atomic mass is 9.72. The molecule has 10 rings (SSSR count). The molecule has 0 spiro atoms. The molecule has 0 atom stereocenters. The molecule has 2 nitrogen and oxygen atoms in total. The summed E-state index contributed by atoms with van der Waals surface area (Å²) in [6.45, 7) is 9.75. The monoisotopic (exact) mass is 630 g/mol. The van der Waals surface area contributed by atoms with E-state index in [0.29, 0.717) is 0 Å². The summed E-state index contributed by atoms with van der Waals surface area (Å²) in [4.78, 5) is 5.17. The van der Waals surface area contributed by atoms with Crippen LogP contribution in [0.15, 0.2) is 133 Å². The van der Waals surface area contributed by atoms with Gasteiger partial charge in [-0.2, -0.15) is 0 Å². The second kappa shape index (κ2) is 10.0. The third kappa shape index (κ3) is 3.86. The highest BCUT2D eigenvalue weighted by Crippen LogP contribution is 2.60. The van der Waals surface area contributed by atoms with E-state index in [1.54, 1.807) is 0 Å². The first kappa shape index (κ1) is 28.5. The highest BCUT2D eigenvalue weighted by Gasteiger charge is 2.46. The molecule has 236 valence electrons. The molecule has 49 heavy (non-hydrogen) atoms. The standard InChI is InChI=1S/C47H38N2/c1-46(2)38-19-11-10-17-33(38)35-26-27-36-42-34-18-9-8-16-32(34)37(28-39(42)47(3,4)44(36)43(35)46)29-22-24-30(25-23-29)45-48-40-20-12-13-21-41(40)49(45)31-14-6-5-7-15-31/h5-22,24,26-28H,23,25H2,1-4H3. The zero-order valence-electron chi connectivity index (χ0n) is 28.5. The summed E-state index contributed by atoms with van der Waals surface area (Å²) in [5.74, 6) is 1.04. The van der Waals surface area contributed by atoms with E-state index in [0.717, 1.165) is 35.4 Å². The zero-order valence-corrected chi connectivity index (χ0v) is 28.5. The Morgan fingerprint density at radius 1 is 0.531 bits per heavy atom. The van der Waals surface area contributed by atoms with Crippen molar-refractivity contribution in [3.63, 3.8) is 0 Å². The zero-order chi connectivity index (χ0) is 33.1. The minimum absolute atomic E-state index is 0.0570. The molecule has 0 saturated carbocycles. The molecular weight excluding hydrogens is 593 g/mol. The van der Waals surface area contributed by atoms with Gasteiger partial charge in [0.15, 0.2) is 0 Å². The largest absolute Gasteiger partial charge is 0.293 e. The van der Waals surface area contributed by atoms with Crippen molar-refractivity contribution >= 4 is 33.0 Å². The average Bonchev–Trinajstić information content (AvgIpc) is 3.72. The quantitative estimate of drug-likeness (QED) is 0.190. The fourth-order valence-electron chi connectivity index (χ4n) is 9.42. The highest BCUT2D eigenvalue weighted by atomic mass is 15.1. The summed E-state index contributed by atoms with van der Waals surface area (Å²) in [6.07, 6.45) is 6.61. The number of allylic oxidation sites excluding steroid dienone is 4. The molecule has 3 aliphatic carbocycles. The lowest BCUT2D eigenvalue weighted by molar-refractivity contribution is 0.601. The Balaban J connectivity index is 1.14. The Labute approximate surface area is 288 Å². The van der Waals surface area contributed by atoms with E-state index in [2.05, 4.69) is 166 Å². The normalized spacial score (nSPS) is 16.6. The van der Waals surface area contributed by atoms with Crippen molar-refractivity contribution in [2.45, 2.75) is 51.4 Å². The Morgan fingerprint density at radius 2 is 1.16 bits per heavy atom.